The summed E-state index contributed by atoms with van der Waals surface area (Å²) in [6, 6.07) is 11.0. The van der Waals surface area contributed by atoms with Crippen LogP contribution in [0.4, 0.5) is 0 Å². The first-order chi connectivity index (χ1) is 10.2. The van der Waals surface area contributed by atoms with Crippen molar-refractivity contribution in [1.29, 1.82) is 5.26 Å². The highest BCUT2D eigenvalue weighted by Crippen LogP contribution is 2.34. The minimum Gasteiger partial charge on any atom is -0.438 e. The number of thiophene rings is 1. The molecule has 0 aliphatic rings. The number of hydrogen-bond donors (Lipinski definition) is 0. The molecular weight excluding hydrogens is 306 g/mol. The fraction of sp³-hybridized carbons (Fsp3) is 0.133. The van der Waals surface area contributed by atoms with Gasteiger partial charge in [0.05, 0.1) is 17.0 Å². The molecule has 0 atom stereocenters. The molecular formula is C15H10ClN3OS. The van der Waals surface area contributed by atoms with Crippen molar-refractivity contribution in [2.24, 2.45) is 0 Å². The number of rotatable bonds is 3. The van der Waals surface area contributed by atoms with Gasteiger partial charge in [-0.15, -0.1) is 11.3 Å². The number of ether oxygens (including phenoxy) is 1. The van der Waals surface area contributed by atoms with Crippen molar-refractivity contribution in [2.75, 3.05) is 0 Å². The first kappa shape index (κ1) is 13.8. The Morgan fingerprint density at radius 3 is 2.95 bits per heavy atom. The van der Waals surface area contributed by atoms with Crippen molar-refractivity contribution in [3.63, 3.8) is 0 Å². The Hall–Kier alpha value is -2.16. The Morgan fingerprint density at radius 2 is 2.19 bits per heavy atom. The summed E-state index contributed by atoms with van der Waals surface area (Å²) < 4.78 is 5.79. The summed E-state index contributed by atoms with van der Waals surface area (Å²) in [5.41, 5.74) is 0.531. The number of fused-ring (bicyclic) bond motifs is 1. The minimum atomic E-state index is 0.151. The molecule has 1 aromatic carbocycles. The molecule has 3 aromatic rings. The fourth-order valence-corrected chi connectivity index (χ4v) is 3.08. The Bertz CT molecular complexity index is 854. The molecule has 0 fully saturated rings. The summed E-state index contributed by atoms with van der Waals surface area (Å²) >= 11 is 7.53. The van der Waals surface area contributed by atoms with Gasteiger partial charge in [0, 0.05) is 4.88 Å². The number of nitriles is 1. The van der Waals surface area contributed by atoms with E-state index in [-0.39, 0.29) is 5.28 Å². The van der Waals surface area contributed by atoms with E-state index in [2.05, 4.69) is 23.0 Å². The average Bonchev–Trinajstić information content (AvgIpc) is 2.90. The van der Waals surface area contributed by atoms with Crippen LogP contribution in [0.25, 0.3) is 10.2 Å². The fourth-order valence-electron chi connectivity index (χ4n) is 1.91. The van der Waals surface area contributed by atoms with Gasteiger partial charge in [-0.3, -0.25) is 0 Å². The van der Waals surface area contributed by atoms with Gasteiger partial charge >= 0.3 is 0 Å². The summed E-state index contributed by atoms with van der Waals surface area (Å²) in [5.74, 6) is 0.963. The van der Waals surface area contributed by atoms with Gasteiger partial charge < -0.3 is 4.74 Å². The van der Waals surface area contributed by atoms with E-state index in [0.717, 1.165) is 16.6 Å². The lowest BCUT2D eigenvalue weighted by molar-refractivity contribution is 0.468. The van der Waals surface area contributed by atoms with Crippen molar-refractivity contribution in [2.45, 2.75) is 13.3 Å². The first-order valence-corrected chi connectivity index (χ1v) is 7.53. The molecule has 0 saturated carbocycles. The number of aryl methyl sites for hydroxylation is 1. The maximum absolute atomic E-state index is 8.93. The highest BCUT2D eigenvalue weighted by molar-refractivity contribution is 7.18. The van der Waals surface area contributed by atoms with Gasteiger partial charge in [-0.1, -0.05) is 13.0 Å². The monoisotopic (exact) mass is 315 g/mol. The molecule has 3 rings (SSSR count). The second-order valence-corrected chi connectivity index (χ2v) is 5.78. The minimum absolute atomic E-state index is 0.151. The summed E-state index contributed by atoms with van der Waals surface area (Å²) in [5, 5.41) is 9.92. The predicted octanol–water partition coefficient (Wildman–Crippen LogP) is 4.57. The molecule has 4 nitrogen and oxygen atoms in total. The van der Waals surface area contributed by atoms with Crippen LogP contribution in [0.3, 0.4) is 0 Å². The van der Waals surface area contributed by atoms with Crippen LogP contribution in [-0.2, 0) is 6.42 Å². The van der Waals surface area contributed by atoms with Crippen molar-refractivity contribution >= 4 is 33.2 Å². The van der Waals surface area contributed by atoms with Crippen LogP contribution in [0.15, 0.2) is 30.3 Å². The molecule has 0 amide bonds. The normalized spacial score (nSPS) is 10.5. The van der Waals surface area contributed by atoms with E-state index in [1.807, 2.05) is 6.07 Å². The third kappa shape index (κ3) is 2.82. The molecule has 0 bridgehead atoms. The average molecular weight is 316 g/mol. The van der Waals surface area contributed by atoms with Gasteiger partial charge in [0.15, 0.2) is 0 Å². The van der Waals surface area contributed by atoms with Gasteiger partial charge in [-0.2, -0.15) is 10.2 Å². The molecule has 0 aliphatic heterocycles. The van der Waals surface area contributed by atoms with E-state index in [1.54, 1.807) is 35.6 Å². The quantitative estimate of drug-likeness (QED) is 0.664. The lowest BCUT2D eigenvalue weighted by Crippen LogP contribution is -1.91. The summed E-state index contributed by atoms with van der Waals surface area (Å²) in [4.78, 5) is 10.4. The number of hydrogen-bond acceptors (Lipinski definition) is 5. The Labute approximate surface area is 130 Å². The van der Waals surface area contributed by atoms with Crippen molar-refractivity contribution in [3.05, 3.63) is 46.1 Å². The van der Waals surface area contributed by atoms with Crippen LogP contribution in [0, 0.1) is 11.3 Å². The molecule has 0 aliphatic carbocycles. The zero-order chi connectivity index (χ0) is 14.8. The third-order valence-electron chi connectivity index (χ3n) is 2.91. The number of benzene rings is 1. The van der Waals surface area contributed by atoms with E-state index >= 15 is 0 Å². The van der Waals surface area contributed by atoms with Gasteiger partial charge in [-0.05, 0) is 42.3 Å². The zero-order valence-corrected chi connectivity index (χ0v) is 12.7. The van der Waals surface area contributed by atoms with E-state index in [9.17, 15) is 0 Å². The second kappa shape index (κ2) is 5.68. The molecule has 2 heterocycles. The number of nitrogens with zero attached hydrogens (tertiary/aromatic N) is 3. The second-order valence-electron chi connectivity index (χ2n) is 4.32. The van der Waals surface area contributed by atoms with Crippen LogP contribution in [0.1, 0.15) is 17.4 Å². The molecule has 0 N–H and O–H groups in total. The van der Waals surface area contributed by atoms with E-state index in [4.69, 9.17) is 21.6 Å². The number of aromatic nitrogens is 2. The SMILES string of the molecule is CCc1cc2c(Oc3cccc(C#N)c3)nc(Cl)nc2s1. The molecule has 6 heteroatoms. The molecule has 0 spiro atoms. The van der Waals surface area contributed by atoms with Crippen LogP contribution >= 0.6 is 22.9 Å². The van der Waals surface area contributed by atoms with Crippen LogP contribution in [0.5, 0.6) is 11.6 Å². The maximum Gasteiger partial charge on any atom is 0.232 e. The van der Waals surface area contributed by atoms with E-state index in [0.29, 0.717) is 17.2 Å². The van der Waals surface area contributed by atoms with Crippen LogP contribution in [0.2, 0.25) is 5.28 Å². The Morgan fingerprint density at radius 1 is 1.33 bits per heavy atom. The Balaban J connectivity index is 2.07. The molecule has 2 aromatic heterocycles. The lowest BCUT2D eigenvalue weighted by Gasteiger charge is -2.06. The van der Waals surface area contributed by atoms with Crippen LogP contribution < -0.4 is 4.74 Å². The summed E-state index contributed by atoms with van der Waals surface area (Å²) in [6.07, 6.45) is 0.919. The van der Waals surface area contributed by atoms with Gasteiger partial charge in [-0.25, -0.2) is 4.98 Å². The molecule has 104 valence electrons. The molecule has 0 radical (unpaired) electrons. The largest absolute Gasteiger partial charge is 0.438 e. The van der Waals surface area contributed by atoms with Crippen molar-refractivity contribution in [1.82, 2.24) is 9.97 Å². The van der Waals surface area contributed by atoms with E-state index in [1.165, 1.54) is 4.88 Å². The molecule has 0 saturated heterocycles. The lowest BCUT2D eigenvalue weighted by atomic mass is 10.2. The summed E-state index contributed by atoms with van der Waals surface area (Å²) in [6.45, 7) is 2.08. The highest BCUT2D eigenvalue weighted by atomic mass is 35.5. The standard InChI is InChI=1S/C15H10ClN3OS/c1-2-11-7-12-13(18-15(16)19-14(12)21-11)20-10-5-3-4-9(6-10)8-17/h3-7H,2H2,1H3. The summed E-state index contributed by atoms with van der Waals surface area (Å²) in [7, 11) is 0. The van der Waals surface area contributed by atoms with Gasteiger partial charge in [0.1, 0.15) is 10.6 Å². The maximum atomic E-state index is 8.93. The van der Waals surface area contributed by atoms with Gasteiger partial charge in [0.2, 0.25) is 11.2 Å². The first-order valence-electron chi connectivity index (χ1n) is 6.33. The van der Waals surface area contributed by atoms with Gasteiger partial charge in [0.25, 0.3) is 0 Å². The molecule has 0 unspecified atom stereocenters. The van der Waals surface area contributed by atoms with E-state index < -0.39 is 0 Å². The topological polar surface area (TPSA) is 58.8 Å². The highest BCUT2D eigenvalue weighted by Gasteiger charge is 2.12. The molecule has 21 heavy (non-hydrogen) atoms. The Kier molecular flexibility index (Phi) is 3.74. The predicted molar refractivity (Wildman–Crippen MR) is 83.0 cm³/mol. The smallest absolute Gasteiger partial charge is 0.232 e. The number of halogens is 1. The zero-order valence-electron chi connectivity index (χ0n) is 11.1. The van der Waals surface area contributed by atoms with Crippen molar-refractivity contribution in [3.8, 4) is 17.7 Å². The third-order valence-corrected chi connectivity index (χ3v) is 4.25. The van der Waals surface area contributed by atoms with Crippen molar-refractivity contribution < 1.29 is 4.74 Å². The van der Waals surface area contributed by atoms with Crippen LogP contribution in [-0.4, -0.2) is 9.97 Å².